The van der Waals surface area contributed by atoms with Gasteiger partial charge in [0.15, 0.2) is 14.5 Å². The van der Waals surface area contributed by atoms with Gasteiger partial charge in [0, 0.05) is 11.8 Å². The number of aryl methyl sites for hydroxylation is 1. The van der Waals surface area contributed by atoms with Crippen LogP contribution in [0.25, 0.3) is 0 Å². The van der Waals surface area contributed by atoms with Crippen LogP contribution < -0.4 is 11.2 Å². The number of hydrogen-bond acceptors (Lipinski definition) is 8. The van der Waals surface area contributed by atoms with Gasteiger partial charge in [-0.2, -0.15) is 0 Å². The van der Waals surface area contributed by atoms with Crippen LogP contribution in [-0.4, -0.2) is 63.8 Å². The molecule has 1 aliphatic heterocycles. The highest BCUT2D eigenvalue weighted by atomic mass is 28.4. The molecule has 11 heteroatoms. The van der Waals surface area contributed by atoms with Gasteiger partial charge in [0.1, 0.15) is 24.5 Å². The van der Waals surface area contributed by atoms with E-state index in [9.17, 15) is 24.9 Å². The second-order valence-electron chi connectivity index (χ2n) is 11.5. The van der Waals surface area contributed by atoms with E-state index in [0.717, 1.165) is 14.7 Å². The maximum absolute atomic E-state index is 13.4. The fourth-order valence-corrected chi connectivity index (χ4v) is 11.5. The molecular formula is C28H44N2O8Si. The van der Waals surface area contributed by atoms with Gasteiger partial charge in [0.25, 0.3) is 5.56 Å². The zero-order valence-electron chi connectivity index (χ0n) is 24.0. The molecule has 0 saturated carbocycles. The number of benzene rings is 1. The summed E-state index contributed by atoms with van der Waals surface area (Å²) in [7, 11) is -2.40. The third kappa shape index (κ3) is 5.99. The molecule has 2 aromatic rings. The molecule has 0 amide bonds. The van der Waals surface area contributed by atoms with E-state index in [2.05, 4.69) is 41.5 Å². The fourth-order valence-electron chi connectivity index (χ4n) is 5.99. The van der Waals surface area contributed by atoms with Gasteiger partial charge in [-0.3, -0.25) is 9.36 Å². The fraction of sp³-hybridized carbons (Fsp3) is 0.643. The van der Waals surface area contributed by atoms with E-state index in [0.29, 0.717) is 0 Å². The van der Waals surface area contributed by atoms with E-state index < -0.39 is 50.2 Å². The average Bonchev–Trinajstić information content (AvgIpc) is 3.14. The molecule has 3 N–H and O–H groups in total. The Morgan fingerprint density at radius 1 is 1.03 bits per heavy atom. The maximum atomic E-state index is 13.4. The number of aromatic nitrogens is 2. The largest absolute Gasteiger partial charge is 0.413 e. The van der Waals surface area contributed by atoms with E-state index in [1.807, 2.05) is 30.3 Å². The lowest BCUT2D eigenvalue weighted by atomic mass is 9.97. The van der Waals surface area contributed by atoms with Gasteiger partial charge in [-0.15, -0.1) is 0 Å². The van der Waals surface area contributed by atoms with E-state index >= 15 is 0 Å². The normalized spacial score (nSPS) is 23.9. The minimum atomic E-state index is -2.40. The van der Waals surface area contributed by atoms with Gasteiger partial charge in [0.2, 0.25) is 0 Å². The molecule has 1 aromatic carbocycles. The molecule has 3 rings (SSSR count). The molecule has 0 radical (unpaired) electrons. The predicted octanol–water partition coefficient (Wildman–Crippen LogP) is 2.67. The van der Waals surface area contributed by atoms with Gasteiger partial charge < -0.3 is 29.2 Å². The quantitative estimate of drug-likeness (QED) is 0.335. The van der Waals surface area contributed by atoms with Crippen molar-refractivity contribution in [1.82, 2.24) is 9.13 Å². The van der Waals surface area contributed by atoms with Crippen LogP contribution in [0.4, 0.5) is 0 Å². The summed E-state index contributed by atoms with van der Waals surface area (Å²) in [6.07, 6.45) is -3.14. The Kier molecular flexibility index (Phi) is 10.1. The highest BCUT2D eigenvalue weighted by Crippen LogP contribution is 2.44. The van der Waals surface area contributed by atoms with Crippen LogP contribution in [-0.2, 0) is 27.2 Å². The van der Waals surface area contributed by atoms with Crippen molar-refractivity contribution < 1.29 is 29.2 Å². The smallest absolute Gasteiger partial charge is 0.335 e. The van der Waals surface area contributed by atoms with Crippen molar-refractivity contribution in [3.63, 3.8) is 0 Å². The van der Waals surface area contributed by atoms with E-state index in [-0.39, 0.29) is 42.1 Å². The SMILES string of the molecule is Cc1cn([C@@H]2O[C@@](CO)(CO[Si](C(C)C)(C(C)C)C(C)C)[C@@H](O)[C@H]2O)c(=O)n(COCc2ccccc2)c1=O. The predicted molar refractivity (Wildman–Crippen MR) is 150 cm³/mol. The minimum absolute atomic E-state index is 0.146. The van der Waals surface area contributed by atoms with E-state index in [1.165, 1.54) is 6.20 Å². The lowest BCUT2D eigenvalue weighted by molar-refractivity contribution is -0.148. The lowest BCUT2D eigenvalue weighted by Gasteiger charge is -2.44. The van der Waals surface area contributed by atoms with Crippen LogP contribution in [0, 0.1) is 6.92 Å². The summed E-state index contributed by atoms with van der Waals surface area (Å²) < 4.78 is 20.3. The van der Waals surface area contributed by atoms with Crippen LogP contribution in [0.3, 0.4) is 0 Å². The number of nitrogens with zero attached hydrogens (tertiary/aromatic N) is 2. The molecular weight excluding hydrogens is 520 g/mol. The van der Waals surface area contributed by atoms with Crippen molar-refractivity contribution in [3.05, 3.63) is 68.5 Å². The Hall–Kier alpha value is -2.12. The summed E-state index contributed by atoms with van der Waals surface area (Å²) in [6.45, 7) is 13.4. The van der Waals surface area contributed by atoms with Crippen LogP contribution in [0.15, 0.2) is 46.1 Å². The van der Waals surface area contributed by atoms with E-state index in [1.54, 1.807) is 6.92 Å². The summed E-state index contributed by atoms with van der Waals surface area (Å²) in [6, 6.07) is 9.34. The minimum Gasteiger partial charge on any atom is -0.413 e. The standard InChI is InChI=1S/C28H44N2O8Si/c1-18(2)39(19(3)4,20(5)6)37-16-28(15-31)24(33)23(32)26(38-28)29-13-21(7)25(34)30(27(29)35)17-36-14-22-11-9-8-10-12-22/h8-13,18-20,23-24,26,31-33H,14-17H2,1-7H3/t23-,24+,26-,28+/m1/s1. The molecule has 0 unspecified atom stereocenters. The van der Waals surface area contributed by atoms with Crippen LogP contribution in [0.1, 0.15) is 58.9 Å². The molecule has 1 fully saturated rings. The monoisotopic (exact) mass is 564 g/mol. The molecule has 2 heterocycles. The number of aliphatic hydroxyl groups is 3. The van der Waals surface area contributed by atoms with Crippen molar-refractivity contribution in [2.24, 2.45) is 0 Å². The van der Waals surface area contributed by atoms with Gasteiger partial charge in [-0.05, 0) is 29.1 Å². The maximum Gasteiger partial charge on any atom is 0.335 e. The molecule has 1 aliphatic rings. The zero-order chi connectivity index (χ0) is 29.1. The Labute approximate surface area is 230 Å². The van der Waals surface area contributed by atoms with Crippen molar-refractivity contribution in [2.45, 2.75) is 102 Å². The van der Waals surface area contributed by atoms with Gasteiger partial charge in [-0.25, -0.2) is 9.36 Å². The molecule has 4 atom stereocenters. The van der Waals surface area contributed by atoms with Crippen LogP contribution in [0.2, 0.25) is 16.6 Å². The summed E-state index contributed by atoms with van der Waals surface area (Å²) >= 11 is 0. The molecule has 0 bridgehead atoms. The average molecular weight is 565 g/mol. The third-order valence-corrected chi connectivity index (χ3v) is 14.1. The first-order chi connectivity index (χ1) is 18.3. The molecule has 1 aromatic heterocycles. The molecule has 10 nitrogen and oxygen atoms in total. The number of hydrogen-bond donors (Lipinski definition) is 3. The number of ether oxygens (including phenoxy) is 2. The van der Waals surface area contributed by atoms with Crippen LogP contribution >= 0.6 is 0 Å². The third-order valence-electron chi connectivity index (χ3n) is 8.02. The van der Waals surface area contributed by atoms with Crippen LogP contribution in [0.5, 0.6) is 0 Å². The van der Waals surface area contributed by atoms with Crippen molar-refractivity contribution >= 4 is 8.32 Å². The van der Waals surface area contributed by atoms with Gasteiger partial charge >= 0.3 is 5.69 Å². The summed E-state index contributed by atoms with van der Waals surface area (Å²) in [5.74, 6) is 0. The highest BCUT2D eigenvalue weighted by molar-refractivity contribution is 6.77. The summed E-state index contributed by atoms with van der Waals surface area (Å²) in [5.41, 5.74) is -1.10. The second-order valence-corrected chi connectivity index (χ2v) is 16.9. The Morgan fingerprint density at radius 3 is 2.15 bits per heavy atom. The van der Waals surface area contributed by atoms with Crippen molar-refractivity contribution in [2.75, 3.05) is 13.2 Å². The molecule has 0 aliphatic carbocycles. The van der Waals surface area contributed by atoms with Gasteiger partial charge in [-0.1, -0.05) is 71.9 Å². The van der Waals surface area contributed by atoms with Gasteiger partial charge in [0.05, 0.1) is 19.8 Å². The zero-order valence-corrected chi connectivity index (χ0v) is 25.0. The van der Waals surface area contributed by atoms with Crippen molar-refractivity contribution in [1.29, 1.82) is 0 Å². The molecule has 39 heavy (non-hydrogen) atoms. The lowest BCUT2D eigenvalue weighted by Crippen LogP contribution is -2.56. The summed E-state index contributed by atoms with van der Waals surface area (Å²) in [5, 5.41) is 32.5. The van der Waals surface area contributed by atoms with Crippen molar-refractivity contribution in [3.8, 4) is 0 Å². The number of aliphatic hydroxyl groups excluding tert-OH is 3. The van der Waals surface area contributed by atoms with E-state index in [4.69, 9.17) is 13.9 Å². The Morgan fingerprint density at radius 2 is 1.62 bits per heavy atom. The Balaban J connectivity index is 1.90. The molecule has 0 spiro atoms. The highest BCUT2D eigenvalue weighted by Gasteiger charge is 2.57. The second kappa shape index (κ2) is 12.6. The Bertz CT molecular complexity index is 1190. The topological polar surface area (TPSA) is 132 Å². The first-order valence-corrected chi connectivity index (χ1v) is 15.7. The molecule has 218 valence electrons. The first kappa shape index (κ1) is 31.4. The molecule has 1 saturated heterocycles. The summed E-state index contributed by atoms with van der Waals surface area (Å²) in [4.78, 5) is 26.2. The number of rotatable bonds is 12. The first-order valence-electron chi connectivity index (χ1n) is 13.5.